The molecule has 1 unspecified atom stereocenters. The lowest BCUT2D eigenvalue weighted by molar-refractivity contribution is -0.117. The second-order valence-electron chi connectivity index (χ2n) is 3.80. The van der Waals surface area contributed by atoms with Crippen molar-refractivity contribution in [2.75, 3.05) is 13.2 Å². The molecule has 1 aromatic rings. The summed E-state index contributed by atoms with van der Waals surface area (Å²) in [7, 11) is -3.46. The number of benzene rings is 1. The Bertz CT molecular complexity index is 420. The predicted molar refractivity (Wildman–Crippen MR) is 70.7 cm³/mol. The van der Waals surface area contributed by atoms with Crippen molar-refractivity contribution in [2.45, 2.75) is 26.4 Å². The van der Waals surface area contributed by atoms with E-state index in [9.17, 15) is 9.36 Å². The molecule has 0 heterocycles. The van der Waals surface area contributed by atoms with E-state index < -0.39 is 13.3 Å². The number of carbonyl (C=O) groups is 1. The summed E-state index contributed by atoms with van der Waals surface area (Å²) >= 11 is 0. The Morgan fingerprint density at radius 2 is 1.67 bits per heavy atom. The first-order valence-corrected chi connectivity index (χ1v) is 7.60. The quantitative estimate of drug-likeness (QED) is 0.710. The number of carbonyl (C=O) groups excluding carboxylic acids is 1. The molecule has 0 aliphatic carbocycles. The van der Waals surface area contributed by atoms with Crippen LogP contribution in [0.2, 0.25) is 0 Å². The van der Waals surface area contributed by atoms with Crippen LogP contribution in [0.5, 0.6) is 0 Å². The van der Waals surface area contributed by atoms with Gasteiger partial charge in [-0.05, 0) is 26.3 Å². The van der Waals surface area contributed by atoms with Crippen LogP contribution in [-0.2, 0) is 18.4 Å². The fourth-order valence-electron chi connectivity index (χ4n) is 1.82. The second-order valence-corrected chi connectivity index (χ2v) is 5.91. The summed E-state index contributed by atoms with van der Waals surface area (Å²) in [5.41, 5.74) is -0.186. The van der Waals surface area contributed by atoms with Crippen LogP contribution in [-0.4, -0.2) is 19.0 Å². The molecule has 0 spiro atoms. The fourth-order valence-corrected chi connectivity index (χ4v) is 3.90. The largest absolute Gasteiger partial charge is 0.345 e. The van der Waals surface area contributed by atoms with Crippen molar-refractivity contribution in [3.63, 3.8) is 0 Å². The molecule has 0 saturated carbocycles. The Morgan fingerprint density at radius 3 is 2.06 bits per heavy atom. The first kappa shape index (κ1) is 15.1. The Morgan fingerprint density at radius 1 is 1.17 bits per heavy atom. The van der Waals surface area contributed by atoms with Gasteiger partial charge in [0.1, 0.15) is 11.4 Å². The van der Waals surface area contributed by atoms with Crippen LogP contribution >= 0.6 is 7.60 Å². The predicted octanol–water partition coefficient (Wildman–Crippen LogP) is 3.58. The average molecular weight is 270 g/mol. The topological polar surface area (TPSA) is 52.6 Å². The molecule has 0 aliphatic heterocycles. The number of hydrogen-bond donors (Lipinski definition) is 0. The van der Waals surface area contributed by atoms with Crippen LogP contribution in [0.25, 0.3) is 0 Å². The molecule has 0 N–H and O–H groups in total. The zero-order chi connectivity index (χ0) is 13.6. The minimum absolute atomic E-state index is 0.216. The lowest BCUT2D eigenvalue weighted by Crippen LogP contribution is -2.13. The SMILES string of the molecule is CCOP(=O)(OCC)C(C(C)=O)c1ccccc1. The summed E-state index contributed by atoms with van der Waals surface area (Å²) in [6.07, 6.45) is 0. The van der Waals surface area contributed by atoms with Crippen molar-refractivity contribution in [3.05, 3.63) is 35.9 Å². The van der Waals surface area contributed by atoms with Crippen molar-refractivity contribution in [1.29, 1.82) is 0 Å². The zero-order valence-electron chi connectivity index (χ0n) is 11.0. The minimum atomic E-state index is -3.46. The Balaban J connectivity index is 3.18. The van der Waals surface area contributed by atoms with Gasteiger partial charge in [-0.1, -0.05) is 30.3 Å². The highest BCUT2D eigenvalue weighted by Crippen LogP contribution is 2.61. The van der Waals surface area contributed by atoms with Gasteiger partial charge in [-0.25, -0.2) is 0 Å². The Labute approximate surface area is 108 Å². The summed E-state index contributed by atoms with van der Waals surface area (Å²) in [4.78, 5) is 11.8. The highest BCUT2D eigenvalue weighted by Gasteiger charge is 2.40. The maximum Gasteiger partial charge on any atom is 0.345 e. The third kappa shape index (κ3) is 3.52. The standard InChI is InChI=1S/C13H19O4P/c1-4-16-18(15,17-5-2)13(11(3)14)12-9-7-6-8-10-12/h6-10,13H,4-5H2,1-3H3. The molecule has 0 radical (unpaired) electrons. The summed E-state index contributed by atoms with van der Waals surface area (Å²) in [5.74, 6) is -0.216. The molecular weight excluding hydrogens is 251 g/mol. The maximum atomic E-state index is 12.7. The average Bonchev–Trinajstić information content (AvgIpc) is 2.30. The van der Waals surface area contributed by atoms with Gasteiger partial charge in [-0.15, -0.1) is 0 Å². The molecule has 100 valence electrons. The molecule has 0 amide bonds. The van der Waals surface area contributed by atoms with E-state index in [0.717, 1.165) is 0 Å². The first-order valence-electron chi connectivity index (χ1n) is 5.99. The highest BCUT2D eigenvalue weighted by atomic mass is 31.2. The number of hydrogen-bond acceptors (Lipinski definition) is 4. The molecule has 0 aliphatic rings. The van der Waals surface area contributed by atoms with Gasteiger partial charge in [0.05, 0.1) is 13.2 Å². The van der Waals surface area contributed by atoms with E-state index in [1.165, 1.54) is 6.92 Å². The molecule has 0 aromatic heterocycles. The van der Waals surface area contributed by atoms with Crippen molar-refractivity contribution in [3.8, 4) is 0 Å². The van der Waals surface area contributed by atoms with E-state index in [4.69, 9.17) is 9.05 Å². The summed E-state index contributed by atoms with van der Waals surface area (Å²) in [6, 6.07) is 8.96. The lowest BCUT2D eigenvalue weighted by Gasteiger charge is -2.24. The summed E-state index contributed by atoms with van der Waals surface area (Å²) in [6.45, 7) is 5.35. The monoisotopic (exact) mass is 270 g/mol. The summed E-state index contributed by atoms with van der Waals surface area (Å²) < 4.78 is 23.2. The molecular formula is C13H19O4P. The van der Waals surface area contributed by atoms with Gasteiger partial charge in [-0.2, -0.15) is 0 Å². The lowest BCUT2D eigenvalue weighted by atomic mass is 10.1. The molecule has 5 heteroatoms. The Hall–Kier alpha value is -0.960. The molecule has 0 bridgehead atoms. The van der Waals surface area contributed by atoms with Crippen LogP contribution < -0.4 is 0 Å². The van der Waals surface area contributed by atoms with Crippen molar-refractivity contribution < 1.29 is 18.4 Å². The molecule has 1 atom stereocenters. The number of rotatable bonds is 7. The third-order valence-corrected chi connectivity index (χ3v) is 4.97. The van der Waals surface area contributed by atoms with Gasteiger partial charge < -0.3 is 9.05 Å². The van der Waals surface area contributed by atoms with Gasteiger partial charge >= 0.3 is 7.60 Å². The molecule has 4 nitrogen and oxygen atoms in total. The van der Waals surface area contributed by atoms with Crippen LogP contribution in [0.3, 0.4) is 0 Å². The normalized spacial score (nSPS) is 13.3. The zero-order valence-corrected chi connectivity index (χ0v) is 11.9. The van der Waals surface area contributed by atoms with Crippen LogP contribution in [0.4, 0.5) is 0 Å². The minimum Gasteiger partial charge on any atom is -0.308 e. The number of Topliss-reactive ketones (excluding diaryl/α,β-unsaturated/α-hetero) is 1. The summed E-state index contributed by atoms with van der Waals surface area (Å²) in [5, 5.41) is 0. The second kappa shape index (κ2) is 6.83. The van der Waals surface area contributed by atoms with Crippen molar-refractivity contribution >= 4 is 13.4 Å². The van der Waals surface area contributed by atoms with Gasteiger partial charge in [0, 0.05) is 0 Å². The fraction of sp³-hybridized carbons (Fsp3) is 0.462. The van der Waals surface area contributed by atoms with Crippen LogP contribution in [0.15, 0.2) is 30.3 Å². The van der Waals surface area contributed by atoms with E-state index in [1.54, 1.807) is 38.1 Å². The van der Waals surface area contributed by atoms with Crippen molar-refractivity contribution in [1.82, 2.24) is 0 Å². The Kier molecular flexibility index (Phi) is 5.73. The highest BCUT2D eigenvalue weighted by molar-refractivity contribution is 7.55. The van der Waals surface area contributed by atoms with Crippen LogP contribution in [0.1, 0.15) is 32.0 Å². The molecule has 1 aromatic carbocycles. The van der Waals surface area contributed by atoms with E-state index in [0.29, 0.717) is 5.56 Å². The van der Waals surface area contributed by atoms with Crippen molar-refractivity contribution in [2.24, 2.45) is 0 Å². The van der Waals surface area contributed by atoms with E-state index in [1.807, 2.05) is 6.07 Å². The van der Waals surface area contributed by atoms with Gasteiger partial charge in [0.15, 0.2) is 0 Å². The third-order valence-electron chi connectivity index (χ3n) is 2.43. The van der Waals surface area contributed by atoms with Gasteiger partial charge in [0.2, 0.25) is 0 Å². The first-order chi connectivity index (χ1) is 8.55. The molecule has 1 rings (SSSR count). The van der Waals surface area contributed by atoms with E-state index in [-0.39, 0.29) is 19.0 Å². The maximum absolute atomic E-state index is 12.7. The molecule has 18 heavy (non-hydrogen) atoms. The molecule has 0 saturated heterocycles. The van der Waals surface area contributed by atoms with Crippen LogP contribution in [0, 0.1) is 0 Å². The molecule has 0 fully saturated rings. The van der Waals surface area contributed by atoms with Gasteiger partial charge in [-0.3, -0.25) is 9.36 Å². The number of ketones is 1. The smallest absolute Gasteiger partial charge is 0.308 e. The van der Waals surface area contributed by atoms with Gasteiger partial charge in [0.25, 0.3) is 0 Å². The van der Waals surface area contributed by atoms with E-state index in [2.05, 4.69) is 0 Å². The van der Waals surface area contributed by atoms with E-state index >= 15 is 0 Å².